The molecule has 0 spiro atoms. The van der Waals surface area contributed by atoms with Crippen LogP contribution >= 0.6 is 11.6 Å². The minimum atomic E-state index is -0.202. The highest BCUT2D eigenvalue weighted by atomic mass is 35.5. The molecule has 0 radical (unpaired) electrons. The van der Waals surface area contributed by atoms with Crippen molar-refractivity contribution in [2.45, 2.75) is 19.1 Å². The van der Waals surface area contributed by atoms with Gasteiger partial charge in [0.25, 0.3) is 0 Å². The Kier molecular flexibility index (Phi) is 5.33. The predicted molar refractivity (Wildman–Crippen MR) is 92.9 cm³/mol. The van der Waals surface area contributed by atoms with E-state index < -0.39 is 0 Å². The summed E-state index contributed by atoms with van der Waals surface area (Å²) in [5.74, 6) is 0. The maximum atomic E-state index is 12.5. The van der Waals surface area contributed by atoms with E-state index in [2.05, 4.69) is 10.3 Å². The van der Waals surface area contributed by atoms with E-state index in [0.717, 1.165) is 11.1 Å². The molecule has 1 saturated heterocycles. The Morgan fingerprint density at radius 3 is 2.96 bits per heavy atom. The molecule has 2 heterocycles. The van der Waals surface area contributed by atoms with Gasteiger partial charge in [-0.3, -0.25) is 4.98 Å². The number of amides is 2. The van der Waals surface area contributed by atoms with Crippen molar-refractivity contribution < 1.29 is 9.53 Å². The average Bonchev–Trinajstić information content (AvgIpc) is 2.63. The van der Waals surface area contributed by atoms with Gasteiger partial charge in [-0.1, -0.05) is 35.9 Å². The first-order valence-corrected chi connectivity index (χ1v) is 8.34. The van der Waals surface area contributed by atoms with E-state index in [-0.39, 0.29) is 18.2 Å². The monoisotopic (exact) mass is 345 g/mol. The lowest BCUT2D eigenvalue weighted by Gasteiger charge is -2.34. The highest BCUT2D eigenvalue weighted by molar-refractivity contribution is 6.31. The van der Waals surface area contributed by atoms with Gasteiger partial charge in [-0.2, -0.15) is 0 Å². The summed E-state index contributed by atoms with van der Waals surface area (Å²) in [7, 11) is 0. The molecule has 2 amide bonds. The molecular weight excluding hydrogens is 326 g/mol. The summed E-state index contributed by atoms with van der Waals surface area (Å²) in [6.07, 6.45) is 3.28. The van der Waals surface area contributed by atoms with Crippen molar-refractivity contribution in [3.8, 4) is 0 Å². The van der Waals surface area contributed by atoms with Gasteiger partial charge >= 0.3 is 6.03 Å². The summed E-state index contributed by atoms with van der Waals surface area (Å²) in [5, 5.41) is 3.67. The molecule has 0 unspecified atom stereocenters. The Morgan fingerprint density at radius 2 is 2.21 bits per heavy atom. The number of nitrogens with zero attached hydrogens (tertiary/aromatic N) is 2. The van der Waals surface area contributed by atoms with Gasteiger partial charge in [-0.05, 0) is 24.6 Å². The molecule has 0 aliphatic carbocycles. The molecule has 1 aliphatic heterocycles. The minimum Gasteiger partial charge on any atom is -0.370 e. The van der Waals surface area contributed by atoms with Crippen molar-refractivity contribution in [3.63, 3.8) is 0 Å². The molecule has 2 aromatic rings. The third kappa shape index (κ3) is 3.86. The fraction of sp³-hybridized carbons (Fsp3) is 0.333. The molecule has 24 heavy (non-hydrogen) atoms. The van der Waals surface area contributed by atoms with Crippen molar-refractivity contribution in [3.05, 3.63) is 64.9 Å². The number of carbonyl (C=O) groups is 1. The van der Waals surface area contributed by atoms with Gasteiger partial charge in [-0.25, -0.2) is 4.79 Å². The number of benzene rings is 1. The third-order valence-corrected chi connectivity index (χ3v) is 4.47. The van der Waals surface area contributed by atoms with Crippen molar-refractivity contribution in [1.82, 2.24) is 15.2 Å². The number of carbonyl (C=O) groups excluding carboxylic acids is 1. The van der Waals surface area contributed by atoms with E-state index in [1.807, 2.05) is 43.3 Å². The summed E-state index contributed by atoms with van der Waals surface area (Å²) in [6, 6.07) is 11.2. The maximum Gasteiger partial charge on any atom is 0.318 e. The largest absolute Gasteiger partial charge is 0.370 e. The highest BCUT2D eigenvalue weighted by Crippen LogP contribution is 2.28. The molecule has 3 rings (SSSR count). The van der Waals surface area contributed by atoms with Crippen molar-refractivity contribution in [2.75, 3.05) is 19.7 Å². The summed E-state index contributed by atoms with van der Waals surface area (Å²) < 4.78 is 5.80. The number of nitrogens with one attached hydrogen (secondary N) is 1. The fourth-order valence-electron chi connectivity index (χ4n) is 2.75. The quantitative estimate of drug-likeness (QED) is 0.925. The Hall–Kier alpha value is -2.11. The van der Waals surface area contributed by atoms with Gasteiger partial charge < -0.3 is 15.0 Å². The minimum absolute atomic E-state index is 0.104. The van der Waals surface area contributed by atoms with Crippen molar-refractivity contribution in [1.29, 1.82) is 0 Å². The summed E-state index contributed by atoms with van der Waals surface area (Å²) in [6.45, 7) is 3.48. The van der Waals surface area contributed by atoms with Gasteiger partial charge in [0.05, 0.1) is 19.2 Å². The molecule has 0 saturated carbocycles. The van der Waals surface area contributed by atoms with E-state index in [1.54, 1.807) is 17.3 Å². The molecule has 1 aromatic heterocycles. The van der Waals surface area contributed by atoms with Crippen LogP contribution in [0.15, 0.2) is 48.8 Å². The fourth-order valence-corrected chi connectivity index (χ4v) is 3.01. The van der Waals surface area contributed by atoms with E-state index in [0.29, 0.717) is 24.7 Å². The number of hydrogen-bond donors (Lipinski definition) is 1. The Morgan fingerprint density at radius 1 is 1.38 bits per heavy atom. The van der Waals surface area contributed by atoms with Crippen LogP contribution in [0.3, 0.4) is 0 Å². The number of aromatic nitrogens is 1. The molecule has 1 aromatic carbocycles. The highest BCUT2D eigenvalue weighted by Gasteiger charge is 2.27. The zero-order chi connectivity index (χ0) is 16.9. The van der Waals surface area contributed by atoms with E-state index in [4.69, 9.17) is 16.3 Å². The first-order valence-electron chi connectivity index (χ1n) is 7.96. The van der Waals surface area contributed by atoms with E-state index >= 15 is 0 Å². The normalized spacial score (nSPS) is 18.9. The first-order chi connectivity index (χ1) is 11.6. The van der Waals surface area contributed by atoms with Gasteiger partial charge in [-0.15, -0.1) is 0 Å². The molecule has 1 fully saturated rings. The molecule has 5 nitrogen and oxygen atoms in total. The average molecular weight is 346 g/mol. The Labute approximate surface area is 146 Å². The smallest absolute Gasteiger partial charge is 0.318 e. The second-order valence-corrected chi connectivity index (χ2v) is 6.19. The van der Waals surface area contributed by atoms with Crippen LogP contribution in [-0.4, -0.2) is 35.6 Å². The van der Waals surface area contributed by atoms with Crippen molar-refractivity contribution in [2.24, 2.45) is 0 Å². The maximum absolute atomic E-state index is 12.5. The lowest BCUT2D eigenvalue weighted by atomic mass is 10.1. The number of morpholine rings is 1. The van der Waals surface area contributed by atoms with E-state index in [9.17, 15) is 4.79 Å². The number of rotatable bonds is 3. The summed E-state index contributed by atoms with van der Waals surface area (Å²) in [5.41, 5.74) is 1.89. The number of pyridine rings is 1. The Bertz CT molecular complexity index is 696. The van der Waals surface area contributed by atoms with Crippen LogP contribution in [0.5, 0.6) is 0 Å². The lowest BCUT2D eigenvalue weighted by Crippen LogP contribution is -2.47. The number of halogens is 1. The van der Waals surface area contributed by atoms with Crippen molar-refractivity contribution >= 4 is 17.6 Å². The van der Waals surface area contributed by atoms with E-state index in [1.165, 1.54) is 0 Å². The first kappa shape index (κ1) is 16.7. The third-order valence-electron chi connectivity index (χ3n) is 4.13. The van der Waals surface area contributed by atoms with Crippen LogP contribution < -0.4 is 5.32 Å². The zero-order valence-corrected chi connectivity index (χ0v) is 14.2. The molecule has 126 valence electrons. The molecule has 6 heteroatoms. The van der Waals surface area contributed by atoms with Gasteiger partial charge in [0.1, 0.15) is 6.10 Å². The zero-order valence-electron chi connectivity index (χ0n) is 13.5. The standard InChI is InChI=1S/C18H20ClN3O2/c1-13(14-5-4-8-20-11-14)21-18(23)22-9-10-24-17(12-22)15-6-2-3-7-16(15)19/h2-8,11,13,17H,9-10,12H2,1H3,(H,21,23)/t13-,17-/m0/s1. The predicted octanol–water partition coefficient (Wildman–Crippen LogP) is 3.58. The molecule has 1 N–H and O–H groups in total. The summed E-state index contributed by atoms with van der Waals surface area (Å²) in [4.78, 5) is 18.4. The van der Waals surface area contributed by atoms with Crippen LogP contribution in [0.1, 0.15) is 30.2 Å². The number of urea groups is 1. The second-order valence-electron chi connectivity index (χ2n) is 5.78. The molecule has 1 aliphatic rings. The number of hydrogen-bond acceptors (Lipinski definition) is 3. The lowest BCUT2D eigenvalue weighted by molar-refractivity contribution is -0.0156. The molecule has 0 bridgehead atoms. The molecular formula is C18H20ClN3O2. The van der Waals surface area contributed by atoms with Crippen LogP contribution in [0.4, 0.5) is 4.79 Å². The molecule has 2 atom stereocenters. The van der Waals surface area contributed by atoms with Crippen LogP contribution in [-0.2, 0) is 4.74 Å². The SMILES string of the molecule is C[C@H](NC(=O)N1CCO[C@H](c2ccccc2Cl)C1)c1cccnc1. The van der Waals surface area contributed by atoms with Crippen LogP contribution in [0.25, 0.3) is 0 Å². The van der Waals surface area contributed by atoms with Gasteiger partial charge in [0.2, 0.25) is 0 Å². The topological polar surface area (TPSA) is 54.5 Å². The van der Waals surface area contributed by atoms with Gasteiger partial charge in [0, 0.05) is 29.5 Å². The van der Waals surface area contributed by atoms with Gasteiger partial charge in [0.15, 0.2) is 0 Å². The summed E-state index contributed by atoms with van der Waals surface area (Å²) >= 11 is 6.24. The van der Waals surface area contributed by atoms with Crippen LogP contribution in [0, 0.1) is 0 Å². The number of ether oxygens (including phenoxy) is 1. The van der Waals surface area contributed by atoms with Crippen LogP contribution in [0.2, 0.25) is 5.02 Å². The second kappa shape index (κ2) is 7.64. The Balaban J connectivity index is 1.64.